The van der Waals surface area contributed by atoms with Gasteiger partial charge in [-0.3, -0.25) is 9.69 Å². The van der Waals surface area contributed by atoms with Gasteiger partial charge in [-0.05, 0) is 44.0 Å². The quantitative estimate of drug-likeness (QED) is 0.776. The van der Waals surface area contributed by atoms with Crippen molar-refractivity contribution < 1.29 is 14.3 Å². The van der Waals surface area contributed by atoms with Gasteiger partial charge in [0.2, 0.25) is 0 Å². The van der Waals surface area contributed by atoms with Crippen molar-refractivity contribution in [2.45, 2.75) is 38.8 Å². The summed E-state index contributed by atoms with van der Waals surface area (Å²) in [5, 5.41) is 0. The lowest BCUT2D eigenvalue weighted by atomic mass is 10.0. The average molecular weight is 277 g/mol. The van der Waals surface area contributed by atoms with E-state index < -0.39 is 0 Å². The molecule has 1 saturated heterocycles. The first-order valence-electron chi connectivity index (χ1n) is 7.28. The van der Waals surface area contributed by atoms with Crippen molar-refractivity contribution in [3.05, 3.63) is 29.8 Å². The third-order valence-corrected chi connectivity index (χ3v) is 3.72. The Balaban J connectivity index is 2.02. The standard InChI is InChI=1S/C16H23NO3/c1-3-20-16(18)15-6-4-5-11-17(15)12-13-7-9-14(19-2)10-8-13/h7-10,15H,3-6,11-12H2,1-2H3/t15-/m1/s1. The number of hydrogen-bond acceptors (Lipinski definition) is 4. The summed E-state index contributed by atoms with van der Waals surface area (Å²) >= 11 is 0. The van der Waals surface area contributed by atoms with E-state index in [1.54, 1.807) is 7.11 Å². The molecule has 0 amide bonds. The summed E-state index contributed by atoms with van der Waals surface area (Å²) in [7, 11) is 1.66. The molecule has 4 heteroatoms. The fourth-order valence-electron chi connectivity index (χ4n) is 2.65. The maximum Gasteiger partial charge on any atom is 0.323 e. The number of likely N-dealkylation sites (tertiary alicyclic amines) is 1. The lowest BCUT2D eigenvalue weighted by molar-refractivity contribution is -0.151. The molecule has 0 aromatic heterocycles. The van der Waals surface area contributed by atoms with E-state index in [1.165, 1.54) is 5.56 Å². The topological polar surface area (TPSA) is 38.8 Å². The van der Waals surface area contributed by atoms with E-state index in [1.807, 2.05) is 19.1 Å². The van der Waals surface area contributed by atoms with Crippen LogP contribution in [0.1, 0.15) is 31.7 Å². The van der Waals surface area contributed by atoms with Crippen LogP contribution in [0.5, 0.6) is 5.75 Å². The number of benzene rings is 1. The molecule has 1 aromatic rings. The molecule has 0 aliphatic carbocycles. The summed E-state index contributed by atoms with van der Waals surface area (Å²) in [5.74, 6) is 0.773. The van der Waals surface area contributed by atoms with E-state index in [-0.39, 0.29) is 12.0 Å². The number of hydrogen-bond donors (Lipinski definition) is 0. The van der Waals surface area contributed by atoms with Crippen LogP contribution in [-0.4, -0.2) is 37.2 Å². The largest absolute Gasteiger partial charge is 0.497 e. The first kappa shape index (κ1) is 14.9. The Labute approximate surface area is 120 Å². The minimum absolute atomic E-state index is 0.0827. The third-order valence-electron chi connectivity index (χ3n) is 3.72. The van der Waals surface area contributed by atoms with Crippen LogP contribution in [0.25, 0.3) is 0 Å². The van der Waals surface area contributed by atoms with Gasteiger partial charge in [0.1, 0.15) is 11.8 Å². The molecule has 2 rings (SSSR count). The second-order valence-electron chi connectivity index (χ2n) is 5.08. The van der Waals surface area contributed by atoms with E-state index in [0.717, 1.165) is 38.1 Å². The van der Waals surface area contributed by atoms with Crippen molar-refractivity contribution in [1.29, 1.82) is 0 Å². The number of carbonyl (C=O) groups is 1. The van der Waals surface area contributed by atoms with Gasteiger partial charge < -0.3 is 9.47 Å². The molecule has 1 aliphatic rings. The molecule has 1 fully saturated rings. The normalized spacial score (nSPS) is 19.6. The SMILES string of the molecule is CCOC(=O)[C@H]1CCCCN1Cc1ccc(OC)cc1. The zero-order valence-electron chi connectivity index (χ0n) is 12.3. The van der Waals surface area contributed by atoms with Gasteiger partial charge in [-0.15, -0.1) is 0 Å². The molecular weight excluding hydrogens is 254 g/mol. The number of rotatable bonds is 5. The van der Waals surface area contributed by atoms with Gasteiger partial charge >= 0.3 is 5.97 Å². The lowest BCUT2D eigenvalue weighted by Crippen LogP contribution is -2.44. The molecule has 0 saturated carbocycles. The highest BCUT2D eigenvalue weighted by Crippen LogP contribution is 2.21. The van der Waals surface area contributed by atoms with E-state index in [0.29, 0.717) is 6.61 Å². The monoisotopic (exact) mass is 277 g/mol. The van der Waals surface area contributed by atoms with Crippen LogP contribution in [0.4, 0.5) is 0 Å². The van der Waals surface area contributed by atoms with Gasteiger partial charge in [0.15, 0.2) is 0 Å². The van der Waals surface area contributed by atoms with Crippen LogP contribution in [0.3, 0.4) is 0 Å². The highest BCUT2D eigenvalue weighted by atomic mass is 16.5. The van der Waals surface area contributed by atoms with E-state index in [9.17, 15) is 4.79 Å². The number of carbonyl (C=O) groups excluding carboxylic acids is 1. The maximum absolute atomic E-state index is 12.0. The molecule has 0 spiro atoms. The highest BCUT2D eigenvalue weighted by molar-refractivity contribution is 5.75. The summed E-state index contributed by atoms with van der Waals surface area (Å²) in [6.07, 6.45) is 3.14. The molecule has 1 aromatic carbocycles. The number of piperidine rings is 1. The second kappa shape index (κ2) is 7.29. The van der Waals surface area contributed by atoms with Crippen LogP contribution in [0.15, 0.2) is 24.3 Å². The van der Waals surface area contributed by atoms with Gasteiger partial charge in [0.25, 0.3) is 0 Å². The van der Waals surface area contributed by atoms with E-state index in [4.69, 9.17) is 9.47 Å². The minimum atomic E-state index is -0.0919. The van der Waals surface area contributed by atoms with Gasteiger partial charge in [-0.2, -0.15) is 0 Å². The zero-order valence-corrected chi connectivity index (χ0v) is 12.3. The molecule has 1 atom stereocenters. The van der Waals surface area contributed by atoms with Crippen LogP contribution in [0, 0.1) is 0 Å². The number of esters is 1. The van der Waals surface area contributed by atoms with Crippen molar-refractivity contribution in [1.82, 2.24) is 4.90 Å². The average Bonchev–Trinajstić information content (AvgIpc) is 2.49. The van der Waals surface area contributed by atoms with Crippen molar-refractivity contribution >= 4 is 5.97 Å². The van der Waals surface area contributed by atoms with Crippen molar-refractivity contribution in [3.8, 4) is 5.75 Å². The summed E-state index contributed by atoms with van der Waals surface area (Å²) in [4.78, 5) is 14.2. The summed E-state index contributed by atoms with van der Waals surface area (Å²) in [6.45, 7) is 4.04. The van der Waals surface area contributed by atoms with Gasteiger partial charge in [0, 0.05) is 6.54 Å². The Bertz CT molecular complexity index is 430. The van der Waals surface area contributed by atoms with Crippen molar-refractivity contribution in [3.63, 3.8) is 0 Å². The van der Waals surface area contributed by atoms with Gasteiger partial charge in [0.05, 0.1) is 13.7 Å². The summed E-state index contributed by atoms with van der Waals surface area (Å²) in [6, 6.07) is 7.92. The fraction of sp³-hybridized carbons (Fsp3) is 0.562. The first-order valence-corrected chi connectivity index (χ1v) is 7.28. The van der Waals surface area contributed by atoms with Crippen LogP contribution in [-0.2, 0) is 16.1 Å². The molecule has 1 heterocycles. The van der Waals surface area contributed by atoms with Gasteiger partial charge in [-0.1, -0.05) is 18.6 Å². The highest BCUT2D eigenvalue weighted by Gasteiger charge is 2.29. The smallest absolute Gasteiger partial charge is 0.323 e. The number of nitrogens with zero attached hydrogens (tertiary/aromatic N) is 1. The molecule has 0 N–H and O–H groups in total. The van der Waals surface area contributed by atoms with Gasteiger partial charge in [-0.25, -0.2) is 0 Å². The molecule has 0 bridgehead atoms. The predicted octanol–water partition coefficient (Wildman–Crippen LogP) is 2.61. The molecule has 20 heavy (non-hydrogen) atoms. The molecule has 110 valence electrons. The summed E-state index contributed by atoms with van der Waals surface area (Å²) < 4.78 is 10.3. The number of methoxy groups -OCH3 is 1. The van der Waals surface area contributed by atoms with E-state index >= 15 is 0 Å². The van der Waals surface area contributed by atoms with Crippen LogP contribution < -0.4 is 4.74 Å². The lowest BCUT2D eigenvalue weighted by Gasteiger charge is -2.33. The third kappa shape index (κ3) is 3.73. The molecule has 1 aliphatic heterocycles. The number of ether oxygens (including phenoxy) is 2. The fourth-order valence-corrected chi connectivity index (χ4v) is 2.65. The Morgan fingerprint density at radius 2 is 2.05 bits per heavy atom. The Morgan fingerprint density at radius 3 is 2.70 bits per heavy atom. The van der Waals surface area contributed by atoms with E-state index in [2.05, 4.69) is 17.0 Å². The van der Waals surface area contributed by atoms with Crippen LogP contribution >= 0.6 is 0 Å². The van der Waals surface area contributed by atoms with Crippen molar-refractivity contribution in [2.24, 2.45) is 0 Å². The predicted molar refractivity (Wildman–Crippen MR) is 77.7 cm³/mol. The van der Waals surface area contributed by atoms with Crippen molar-refractivity contribution in [2.75, 3.05) is 20.3 Å². The van der Waals surface area contributed by atoms with Crippen LogP contribution in [0.2, 0.25) is 0 Å². The second-order valence-corrected chi connectivity index (χ2v) is 5.08. The first-order chi connectivity index (χ1) is 9.74. The molecule has 4 nitrogen and oxygen atoms in total. The Morgan fingerprint density at radius 1 is 1.30 bits per heavy atom. The molecule has 0 radical (unpaired) electrons. The summed E-state index contributed by atoms with van der Waals surface area (Å²) in [5.41, 5.74) is 1.20. The molecular formula is C16H23NO3. The maximum atomic E-state index is 12.0. The molecule has 0 unspecified atom stereocenters. The Kier molecular flexibility index (Phi) is 5.41. The Hall–Kier alpha value is -1.55. The zero-order chi connectivity index (χ0) is 14.4. The minimum Gasteiger partial charge on any atom is -0.497 e.